The molecular weight excluding hydrogens is 283 g/mol. The first-order valence-corrected chi connectivity index (χ1v) is 7.71. The minimum absolute atomic E-state index is 0.155. The molecule has 5 heteroatoms. The molecule has 0 aromatic heterocycles. The van der Waals surface area contributed by atoms with Crippen LogP contribution < -0.4 is 10.6 Å². The van der Waals surface area contributed by atoms with Crippen molar-refractivity contribution in [3.8, 4) is 0 Å². The van der Waals surface area contributed by atoms with E-state index < -0.39 is 5.60 Å². The summed E-state index contributed by atoms with van der Waals surface area (Å²) in [5.74, 6) is -0.169. The van der Waals surface area contributed by atoms with Gasteiger partial charge < -0.3 is 15.4 Å². The summed E-state index contributed by atoms with van der Waals surface area (Å²) in [7, 11) is 0. The van der Waals surface area contributed by atoms with Gasteiger partial charge in [-0.25, -0.2) is 9.18 Å². The Kier molecular flexibility index (Phi) is 5.06. The van der Waals surface area contributed by atoms with E-state index in [2.05, 4.69) is 10.6 Å². The molecule has 122 valence electrons. The molecule has 4 nitrogen and oxygen atoms in total. The van der Waals surface area contributed by atoms with E-state index in [1.54, 1.807) is 19.1 Å². The van der Waals surface area contributed by atoms with Gasteiger partial charge in [0.1, 0.15) is 11.4 Å². The molecule has 0 bridgehead atoms. The van der Waals surface area contributed by atoms with E-state index in [4.69, 9.17) is 4.74 Å². The highest BCUT2D eigenvalue weighted by molar-refractivity contribution is 5.68. The molecule has 1 amide bonds. The van der Waals surface area contributed by atoms with E-state index in [1.807, 2.05) is 26.8 Å². The number of nitrogens with one attached hydrogen (secondary N) is 2. The summed E-state index contributed by atoms with van der Waals surface area (Å²) < 4.78 is 18.7. The predicted molar refractivity (Wildman–Crippen MR) is 84.2 cm³/mol. The molecule has 0 radical (unpaired) electrons. The number of hydrogen-bond donors (Lipinski definition) is 2. The lowest BCUT2D eigenvalue weighted by Crippen LogP contribution is -2.52. The molecule has 0 atom stereocenters. The molecule has 2 N–H and O–H groups in total. The molecule has 0 heterocycles. The molecule has 1 aliphatic rings. The summed E-state index contributed by atoms with van der Waals surface area (Å²) in [6.07, 6.45) is 1.37. The SMILES string of the molecule is Cc1ccc(CNC2CC(NC(=O)OC(C)(C)C)C2)cc1F. The Balaban J connectivity index is 1.67. The second kappa shape index (κ2) is 6.65. The highest BCUT2D eigenvalue weighted by Crippen LogP contribution is 2.21. The van der Waals surface area contributed by atoms with Crippen LogP contribution in [-0.2, 0) is 11.3 Å². The van der Waals surface area contributed by atoms with Gasteiger partial charge in [-0.2, -0.15) is 0 Å². The van der Waals surface area contributed by atoms with Crippen LogP contribution in [0.5, 0.6) is 0 Å². The molecule has 1 saturated carbocycles. The zero-order chi connectivity index (χ0) is 16.3. The highest BCUT2D eigenvalue weighted by atomic mass is 19.1. The van der Waals surface area contributed by atoms with Gasteiger partial charge in [-0.05, 0) is 57.7 Å². The first kappa shape index (κ1) is 16.7. The average Bonchev–Trinajstić information content (AvgIpc) is 2.33. The van der Waals surface area contributed by atoms with E-state index in [0.29, 0.717) is 18.2 Å². The molecule has 0 spiro atoms. The van der Waals surface area contributed by atoms with Crippen molar-refractivity contribution in [2.24, 2.45) is 0 Å². The Morgan fingerprint density at radius 1 is 1.32 bits per heavy atom. The summed E-state index contributed by atoms with van der Waals surface area (Å²) >= 11 is 0. The molecule has 1 aliphatic carbocycles. The van der Waals surface area contributed by atoms with Crippen molar-refractivity contribution in [2.45, 2.75) is 64.8 Å². The number of alkyl carbamates (subject to hydrolysis) is 1. The number of carbonyl (C=O) groups is 1. The van der Waals surface area contributed by atoms with E-state index in [9.17, 15) is 9.18 Å². The van der Waals surface area contributed by atoms with Gasteiger partial charge in [0.25, 0.3) is 0 Å². The highest BCUT2D eigenvalue weighted by Gasteiger charge is 2.31. The van der Waals surface area contributed by atoms with Crippen LogP contribution in [0.25, 0.3) is 0 Å². The third-order valence-corrected chi connectivity index (χ3v) is 3.69. The molecule has 1 aromatic rings. The quantitative estimate of drug-likeness (QED) is 0.897. The summed E-state index contributed by atoms with van der Waals surface area (Å²) in [6.45, 7) is 7.93. The molecule has 0 saturated heterocycles. The van der Waals surface area contributed by atoms with Crippen molar-refractivity contribution in [1.82, 2.24) is 10.6 Å². The van der Waals surface area contributed by atoms with Crippen molar-refractivity contribution in [1.29, 1.82) is 0 Å². The summed E-state index contributed by atoms with van der Waals surface area (Å²) in [6, 6.07) is 5.80. The number of aryl methyl sites for hydroxylation is 1. The van der Waals surface area contributed by atoms with Gasteiger partial charge >= 0.3 is 6.09 Å². The largest absolute Gasteiger partial charge is 0.444 e. The lowest BCUT2D eigenvalue weighted by molar-refractivity contribution is 0.0465. The van der Waals surface area contributed by atoms with Crippen LogP contribution in [0, 0.1) is 12.7 Å². The maximum atomic E-state index is 13.5. The van der Waals surface area contributed by atoms with Crippen LogP contribution in [0.15, 0.2) is 18.2 Å². The number of halogens is 1. The number of ether oxygens (including phenoxy) is 1. The Labute approximate surface area is 131 Å². The van der Waals surface area contributed by atoms with Crippen LogP contribution in [0.3, 0.4) is 0 Å². The van der Waals surface area contributed by atoms with Crippen molar-refractivity contribution in [3.05, 3.63) is 35.1 Å². The molecule has 22 heavy (non-hydrogen) atoms. The minimum atomic E-state index is -0.471. The van der Waals surface area contributed by atoms with Crippen LogP contribution in [-0.4, -0.2) is 23.8 Å². The smallest absolute Gasteiger partial charge is 0.407 e. The van der Waals surface area contributed by atoms with Gasteiger partial charge in [-0.1, -0.05) is 12.1 Å². The maximum Gasteiger partial charge on any atom is 0.407 e. The van der Waals surface area contributed by atoms with Crippen molar-refractivity contribution in [3.63, 3.8) is 0 Å². The number of carbonyl (C=O) groups excluding carboxylic acids is 1. The number of amides is 1. The van der Waals surface area contributed by atoms with Gasteiger partial charge in [-0.3, -0.25) is 0 Å². The second-order valence-corrected chi connectivity index (χ2v) is 6.98. The van der Waals surface area contributed by atoms with Crippen molar-refractivity contribution >= 4 is 6.09 Å². The Morgan fingerprint density at radius 3 is 2.59 bits per heavy atom. The fourth-order valence-electron chi connectivity index (χ4n) is 2.39. The second-order valence-electron chi connectivity index (χ2n) is 6.98. The Bertz CT molecular complexity index is 534. The van der Waals surface area contributed by atoms with Crippen LogP contribution in [0.4, 0.5) is 9.18 Å². The standard InChI is InChI=1S/C17H25FN2O2/c1-11-5-6-12(7-15(11)18)10-19-13-8-14(9-13)20-16(21)22-17(2,3)4/h5-7,13-14,19H,8-10H2,1-4H3,(H,20,21). The topological polar surface area (TPSA) is 50.4 Å². The van der Waals surface area contributed by atoms with Gasteiger partial charge in [0, 0.05) is 18.6 Å². The summed E-state index contributed by atoms with van der Waals surface area (Å²) in [5.41, 5.74) is 1.13. The van der Waals surface area contributed by atoms with Crippen LogP contribution >= 0.6 is 0 Å². The minimum Gasteiger partial charge on any atom is -0.444 e. The summed E-state index contributed by atoms with van der Waals surface area (Å²) in [4.78, 5) is 11.6. The van der Waals surface area contributed by atoms with E-state index >= 15 is 0 Å². The third kappa shape index (κ3) is 4.98. The van der Waals surface area contributed by atoms with E-state index in [-0.39, 0.29) is 18.0 Å². The zero-order valence-corrected chi connectivity index (χ0v) is 13.7. The molecule has 1 fully saturated rings. The monoisotopic (exact) mass is 308 g/mol. The number of benzene rings is 1. The summed E-state index contributed by atoms with van der Waals surface area (Å²) in [5, 5.41) is 6.23. The average molecular weight is 308 g/mol. The first-order chi connectivity index (χ1) is 10.2. The first-order valence-electron chi connectivity index (χ1n) is 7.71. The van der Waals surface area contributed by atoms with Gasteiger partial charge in [-0.15, -0.1) is 0 Å². The van der Waals surface area contributed by atoms with Gasteiger partial charge in [0.05, 0.1) is 0 Å². The van der Waals surface area contributed by atoms with Gasteiger partial charge in [0.2, 0.25) is 0 Å². The normalized spacial score (nSPS) is 21.1. The number of rotatable bonds is 4. The fraction of sp³-hybridized carbons (Fsp3) is 0.588. The van der Waals surface area contributed by atoms with Crippen molar-refractivity contribution in [2.75, 3.05) is 0 Å². The lowest BCUT2D eigenvalue weighted by atomic mass is 9.86. The fourth-order valence-corrected chi connectivity index (χ4v) is 2.39. The maximum absolute atomic E-state index is 13.5. The van der Waals surface area contributed by atoms with E-state index in [0.717, 1.165) is 18.4 Å². The lowest BCUT2D eigenvalue weighted by Gasteiger charge is -2.36. The molecular formula is C17H25FN2O2. The van der Waals surface area contributed by atoms with E-state index in [1.165, 1.54) is 0 Å². The number of hydrogen-bond acceptors (Lipinski definition) is 3. The van der Waals surface area contributed by atoms with Crippen molar-refractivity contribution < 1.29 is 13.9 Å². The molecule has 0 unspecified atom stereocenters. The molecule has 1 aromatic carbocycles. The Morgan fingerprint density at radius 2 is 2.00 bits per heavy atom. The third-order valence-electron chi connectivity index (χ3n) is 3.69. The van der Waals surface area contributed by atoms with Crippen LogP contribution in [0.1, 0.15) is 44.7 Å². The van der Waals surface area contributed by atoms with Crippen LogP contribution in [0.2, 0.25) is 0 Å². The molecule has 0 aliphatic heterocycles. The van der Waals surface area contributed by atoms with Gasteiger partial charge in [0.15, 0.2) is 0 Å². The zero-order valence-electron chi connectivity index (χ0n) is 13.7. The molecule has 2 rings (SSSR count). The Hall–Kier alpha value is -1.62. The predicted octanol–water partition coefficient (Wildman–Crippen LogP) is 3.28.